The third-order valence-electron chi connectivity index (χ3n) is 4.68. The van der Waals surface area contributed by atoms with E-state index in [-0.39, 0.29) is 18.0 Å². The molecular formula is C17H18N4O2. The molecule has 2 aliphatic rings. The van der Waals surface area contributed by atoms with Gasteiger partial charge in [0, 0.05) is 13.2 Å². The van der Waals surface area contributed by atoms with Crippen LogP contribution in [0.5, 0.6) is 0 Å². The van der Waals surface area contributed by atoms with E-state index in [0.29, 0.717) is 18.5 Å². The summed E-state index contributed by atoms with van der Waals surface area (Å²) in [7, 11) is 1.96. The molecule has 118 valence electrons. The van der Waals surface area contributed by atoms with Gasteiger partial charge in [-0.2, -0.15) is 0 Å². The molecule has 0 bridgehead atoms. The minimum atomic E-state index is -0.341. The number of nitrogens with zero attached hydrogens (tertiary/aromatic N) is 4. The lowest BCUT2D eigenvalue weighted by Crippen LogP contribution is -2.47. The first-order valence-electron chi connectivity index (χ1n) is 7.67. The highest BCUT2D eigenvalue weighted by atomic mass is 16.5. The van der Waals surface area contributed by atoms with Crippen LogP contribution in [0.3, 0.4) is 0 Å². The number of para-hydroxylation sites is 1. The molecule has 0 saturated heterocycles. The van der Waals surface area contributed by atoms with Crippen LogP contribution in [0, 0.1) is 0 Å². The number of anilines is 1. The van der Waals surface area contributed by atoms with Gasteiger partial charge in [0.25, 0.3) is 5.91 Å². The molecular weight excluding hydrogens is 292 g/mol. The minimum Gasteiger partial charge on any atom is -0.356 e. The zero-order chi connectivity index (χ0) is 16.0. The summed E-state index contributed by atoms with van der Waals surface area (Å²) in [6.07, 6.45) is 8.35. The Labute approximate surface area is 134 Å². The van der Waals surface area contributed by atoms with Gasteiger partial charge in [0.05, 0.1) is 41.9 Å². The third-order valence-corrected chi connectivity index (χ3v) is 4.68. The highest BCUT2D eigenvalue weighted by Crippen LogP contribution is 2.35. The van der Waals surface area contributed by atoms with Crippen molar-refractivity contribution >= 4 is 11.6 Å². The summed E-state index contributed by atoms with van der Waals surface area (Å²) in [5, 5.41) is 11.3. The number of benzene rings is 1. The van der Waals surface area contributed by atoms with Crippen LogP contribution >= 0.6 is 0 Å². The topological polar surface area (TPSA) is 61.6 Å². The zero-order valence-corrected chi connectivity index (χ0v) is 12.8. The number of aryl methyl sites for hydroxylation is 1. The molecule has 2 atom stereocenters. The lowest BCUT2D eigenvalue weighted by Gasteiger charge is -2.33. The summed E-state index contributed by atoms with van der Waals surface area (Å²) in [5.74, 6) is -0.341. The Hall–Kier alpha value is -2.60. The molecule has 1 aliphatic carbocycles. The van der Waals surface area contributed by atoms with Gasteiger partial charge >= 0.3 is 0 Å². The van der Waals surface area contributed by atoms with Crippen molar-refractivity contribution < 1.29 is 10.0 Å². The average Bonchev–Trinajstić information content (AvgIpc) is 3.18. The molecule has 0 unspecified atom stereocenters. The Morgan fingerprint density at radius 1 is 1.35 bits per heavy atom. The van der Waals surface area contributed by atoms with Gasteiger partial charge in [-0.15, -0.1) is 0 Å². The van der Waals surface area contributed by atoms with E-state index < -0.39 is 0 Å². The summed E-state index contributed by atoms with van der Waals surface area (Å²) in [5.41, 5.74) is 2.43. The van der Waals surface area contributed by atoms with E-state index in [2.05, 4.69) is 16.0 Å². The largest absolute Gasteiger partial charge is 0.356 e. The summed E-state index contributed by atoms with van der Waals surface area (Å²) < 4.78 is 1.97. The molecule has 0 spiro atoms. The highest BCUT2D eigenvalue weighted by molar-refractivity contribution is 6.00. The monoisotopic (exact) mass is 310 g/mol. The molecule has 1 amide bonds. The van der Waals surface area contributed by atoms with Gasteiger partial charge in [0.2, 0.25) is 0 Å². The number of imidazole rings is 1. The Kier molecular flexibility index (Phi) is 3.20. The fourth-order valence-electron chi connectivity index (χ4n) is 3.42. The maximum Gasteiger partial charge on any atom is 0.279 e. The molecule has 0 fully saturated rings. The summed E-state index contributed by atoms with van der Waals surface area (Å²) in [6, 6.07) is 7.13. The lowest BCUT2D eigenvalue weighted by molar-refractivity contribution is -0.0875. The fraction of sp³-hybridized carbons (Fsp3) is 0.294. The third kappa shape index (κ3) is 2.14. The molecule has 1 N–H and O–H groups in total. The molecule has 1 aromatic heterocycles. The first kappa shape index (κ1) is 14.0. The van der Waals surface area contributed by atoms with Crippen molar-refractivity contribution in [2.75, 3.05) is 4.90 Å². The van der Waals surface area contributed by atoms with Gasteiger partial charge in [0.15, 0.2) is 0 Å². The van der Waals surface area contributed by atoms with Gasteiger partial charge in [-0.05, 0) is 18.6 Å². The number of amides is 1. The SMILES string of the molecule is Cn1cncc1CN1c2ccccc2C(=O)N(O)[C@H]2CC=C[C@H]21. The quantitative estimate of drug-likeness (QED) is 0.680. The van der Waals surface area contributed by atoms with E-state index in [1.807, 2.05) is 42.1 Å². The maximum absolute atomic E-state index is 12.6. The molecule has 1 aromatic carbocycles. The molecule has 23 heavy (non-hydrogen) atoms. The Morgan fingerprint density at radius 2 is 2.17 bits per heavy atom. The standard InChI is InChI=1S/C17H18N4O2/c1-19-11-18-9-12(19)10-20-14-6-3-2-5-13(14)17(22)21(23)16-8-4-7-15(16)20/h2-7,9,11,15-16,23H,8,10H2,1H3/t15-,16+/m1/s1. The van der Waals surface area contributed by atoms with E-state index in [9.17, 15) is 10.0 Å². The molecule has 6 nitrogen and oxygen atoms in total. The molecule has 0 radical (unpaired) electrons. The summed E-state index contributed by atoms with van der Waals surface area (Å²) in [4.78, 5) is 18.9. The number of hydroxylamine groups is 2. The smallest absolute Gasteiger partial charge is 0.279 e. The van der Waals surface area contributed by atoms with Crippen LogP contribution in [0.15, 0.2) is 48.9 Å². The number of fused-ring (bicyclic) bond motifs is 2. The van der Waals surface area contributed by atoms with Crippen molar-refractivity contribution in [3.8, 4) is 0 Å². The van der Waals surface area contributed by atoms with Crippen LogP contribution in [0.2, 0.25) is 0 Å². The van der Waals surface area contributed by atoms with E-state index in [4.69, 9.17) is 0 Å². The van der Waals surface area contributed by atoms with Gasteiger partial charge in [-0.25, -0.2) is 10.0 Å². The van der Waals surface area contributed by atoms with E-state index >= 15 is 0 Å². The van der Waals surface area contributed by atoms with E-state index in [1.165, 1.54) is 0 Å². The van der Waals surface area contributed by atoms with Crippen LogP contribution < -0.4 is 4.90 Å². The second kappa shape index (κ2) is 5.24. The number of rotatable bonds is 2. The molecule has 0 saturated carbocycles. The van der Waals surface area contributed by atoms with Gasteiger partial charge in [-0.1, -0.05) is 24.3 Å². The first-order valence-corrected chi connectivity index (χ1v) is 7.67. The van der Waals surface area contributed by atoms with Gasteiger partial charge < -0.3 is 9.47 Å². The molecule has 1 aliphatic heterocycles. The van der Waals surface area contributed by atoms with Crippen molar-refractivity contribution in [3.05, 3.63) is 60.2 Å². The number of carbonyl (C=O) groups excluding carboxylic acids is 1. The van der Waals surface area contributed by atoms with Crippen LogP contribution in [0.4, 0.5) is 5.69 Å². The van der Waals surface area contributed by atoms with Gasteiger partial charge in [-0.3, -0.25) is 10.0 Å². The minimum absolute atomic E-state index is 0.0532. The van der Waals surface area contributed by atoms with Crippen molar-refractivity contribution in [3.63, 3.8) is 0 Å². The van der Waals surface area contributed by atoms with Crippen LogP contribution in [0.25, 0.3) is 0 Å². The number of carbonyl (C=O) groups is 1. The van der Waals surface area contributed by atoms with Crippen LogP contribution in [-0.4, -0.2) is 37.8 Å². The fourth-order valence-corrected chi connectivity index (χ4v) is 3.42. The maximum atomic E-state index is 12.6. The molecule has 6 heteroatoms. The first-order chi connectivity index (χ1) is 11.2. The summed E-state index contributed by atoms with van der Waals surface area (Å²) in [6.45, 7) is 0.625. The normalized spacial score (nSPS) is 23.0. The van der Waals surface area contributed by atoms with Crippen LogP contribution in [0.1, 0.15) is 22.5 Å². The van der Waals surface area contributed by atoms with Crippen molar-refractivity contribution in [1.82, 2.24) is 14.6 Å². The van der Waals surface area contributed by atoms with E-state index in [1.54, 1.807) is 12.4 Å². The molecule has 4 rings (SSSR count). The second-order valence-corrected chi connectivity index (χ2v) is 6.01. The number of aromatic nitrogens is 2. The Balaban J connectivity index is 1.83. The Morgan fingerprint density at radius 3 is 2.96 bits per heavy atom. The number of hydrogen-bond acceptors (Lipinski definition) is 4. The second-order valence-electron chi connectivity index (χ2n) is 6.01. The average molecular weight is 310 g/mol. The number of hydrogen-bond donors (Lipinski definition) is 1. The highest BCUT2D eigenvalue weighted by Gasteiger charge is 2.40. The lowest BCUT2D eigenvalue weighted by atomic mass is 10.1. The Bertz CT molecular complexity index is 782. The predicted molar refractivity (Wildman–Crippen MR) is 85.1 cm³/mol. The molecule has 2 aromatic rings. The predicted octanol–water partition coefficient (Wildman–Crippen LogP) is 1.97. The van der Waals surface area contributed by atoms with Crippen LogP contribution in [-0.2, 0) is 13.6 Å². The van der Waals surface area contributed by atoms with Crippen molar-refractivity contribution in [2.45, 2.75) is 25.0 Å². The zero-order valence-electron chi connectivity index (χ0n) is 12.8. The van der Waals surface area contributed by atoms with Crippen molar-refractivity contribution in [1.29, 1.82) is 0 Å². The molecule has 2 heterocycles. The van der Waals surface area contributed by atoms with Gasteiger partial charge in [0.1, 0.15) is 0 Å². The van der Waals surface area contributed by atoms with Crippen molar-refractivity contribution in [2.24, 2.45) is 7.05 Å². The summed E-state index contributed by atoms with van der Waals surface area (Å²) >= 11 is 0. The van der Waals surface area contributed by atoms with E-state index in [0.717, 1.165) is 16.4 Å².